The Balaban J connectivity index is 1.84. The smallest absolute Gasteiger partial charge is 0.331 e. The molecule has 0 radical (unpaired) electrons. The molecule has 1 unspecified atom stereocenters. The first-order chi connectivity index (χ1) is 10.2. The van der Waals surface area contributed by atoms with Crippen LogP contribution in [0.2, 0.25) is 0 Å². The third-order valence-corrected chi connectivity index (χ3v) is 4.62. The molecule has 108 valence electrons. The Labute approximate surface area is 125 Å². The molecule has 6 heteroatoms. The van der Waals surface area contributed by atoms with Crippen molar-refractivity contribution in [2.24, 2.45) is 0 Å². The van der Waals surface area contributed by atoms with E-state index < -0.39 is 12.0 Å². The van der Waals surface area contributed by atoms with E-state index in [0.29, 0.717) is 6.54 Å². The number of amides is 1. The lowest BCUT2D eigenvalue weighted by Gasteiger charge is -2.33. The summed E-state index contributed by atoms with van der Waals surface area (Å²) in [4.78, 5) is 30.5. The van der Waals surface area contributed by atoms with Crippen LogP contribution in [0.25, 0.3) is 0 Å². The number of carboxylic acid groups (broad SMARTS) is 1. The highest BCUT2D eigenvalue weighted by Gasteiger charge is 2.36. The van der Waals surface area contributed by atoms with E-state index in [-0.39, 0.29) is 12.3 Å². The van der Waals surface area contributed by atoms with Crippen LogP contribution in [-0.4, -0.2) is 33.4 Å². The molecule has 1 aliphatic rings. The molecule has 5 nitrogen and oxygen atoms in total. The van der Waals surface area contributed by atoms with Gasteiger partial charge in [0.25, 0.3) is 0 Å². The Morgan fingerprint density at radius 2 is 2.10 bits per heavy atom. The summed E-state index contributed by atoms with van der Waals surface area (Å²) in [6, 6.07) is 4.49. The van der Waals surface area contributed by atoms with Gasteiger partial charge in [0.2, 0.25) is 5.91 Å². The topological polar surface area (TPSA) is 70.5 Å². The molecule has 1 atom stereocenters. The minimum Gasteiger partial charge on any atom is -0.479 e. The van der Waals surface area contributed by atoms with Crippen LogP contribution in [0, 0.1) is 0 Å². The average Bonchev–Trinajstić information content (AvgIpc) is 2.95. The molecule has 1 amide bonds. The first kappa shape index (κ1) is 13.8. The van der Waals surface area contributed by atoms with E-state index in [9.17, 15) is 14.7 Å². The number of aromatic nitrogens is 1. The number of hydrogen-bond donors (Lipinski definition) is 1. The Hall–Kier alpha value is -2.21. The number of rotatable bonds is 3. The van der Waals surface area contributed by atoms with Gasteiger partial charge in [-0.05, 0) is 41.1 Å². The summed E-state index contributed by atoms with van der Waals surface area (Å²) < 4.78 is 0. The molecular formula is C15H14N2O3S. The molecule has 1 N–H and O–H groups in total. The summed E-state index contributed by atoms with van der Waals surface area (Å²) in [5.74, 6) is -1.14. The van der Waals surface area contributed by atoms with Gasteiger partial charge in [-0.25, -0.2) is 4.79 Å². The van der Waals surface area contributed by atoms with Crippen molar-refractivity contribution in [2.45, 2.75) is 18.9 Å². The third-order valence-electron chi connectivity index (χ3n) is 3.62. The van der Waals surface area contributed by atoms with Gasteiger partial charge >= 0.3 is 5.97 Å². The molecule has 0 saturated carbocycles. The van der Waals surface area contributed by atoms with Crippen LogP contribution >= 0.6 is 11.3 Å². The zero-order chi connectivity index (χ0) is 14.8. The standard InChI is InChI=1S/C15H14N2O3S/c18-13(9-10-1-5-16-6-2-10)17-7-3-12-11(4-8-21-12)14(17)15(19)20/h1-2,4-6,8,14H,3,7,9H2,(H,19,20). The van der Waals surface area contributed by atoms with E-state index in [1.807, 2.05) is 11.4 Å². The van der Waals surface area contributed by atoms with Crippen LogP contribution in [0.3, 0.4) is 0 Å². The second-order valence-electron chi connectivity index (χ2n) is 4.91. The van der Waals surface area contributed by atoms with E-state index in [0.717, 1.165) is 22.4 Å². The summed E-state index contributed by atoms with van der Waals surface area (Å²) in [6.07, 6.45) is 4.18. The minimum atomic E-state index is -0.975. The van der Waals surface area contributed by atoms with E-state index in [2.05, 4.69) is 4.98 Å². The lowest BCUT2D eigenvalue weighted by Crippen LogP contribution is -2.43. The van der Waals surface area contributed by atoms with Gasteiger partial charge in [-0.2, -0.15) is 0 Å². The van der Waals surface area contributed by atoms with Crippen molar-refractivity contribution in [3.05, 3.63) is 52.0 Å². The quantitative estimate of drug-likeness (QED) is 0.940. The van der Waals surface area contributed by atoms with Gasteiger partial charge in [-0.1, -0.05) is 0 Å². The van der Waals surface area contributed by atoms with Crippen LogP contribution in [0.15, 0.2) is 36.0 Å². The molecular weight excluding hydrogens is 288 g/mol. The third kappa shape index (κ3) is 2.67. The highest BCUT2D eigenvalue weighted by Crippen LogP contribution is 2.33. The molecule has 0 spiro atoms. The zero-order valence-electron chi connectivity index (χ0n) is 11.2. The molecule has 1 aliphatic heterocycles. The van der Waals surface area contributed by atoms with Crippen molar-refractivity contribution in [1.82, 2.24) is 9.88 Å². The normalized spacial score (nSPS) is 17.3. The van der Waals surface area contributed by atoms with Crippen molar-refractivity contribution in [3.8, 4) is 0 Å². The first-order valence-electron chi connectivity index (χ1n) is 6.64. The molecule has 21 heavy (non-hydrogen) atoms. The number of carbonyl (C=O) groups is 2. The SMILES string of the molecule is O=C(O)C1c2ccsc2CCN1C(=O)Cc1ccncc1. The Kier molecular flexibility index (Phi) is 3.70. The molecule has 3 heterocycles. The second kappa shape index (κ2) is 5.65. The van der Waals surface area contributed by atoms with Gasteiger partial charge in [-0.15, -0.1) is 11.3 Å². The van der Waals surface area contributed by atoms with E-state index in [4.69, 9.17) is 0 Å². The predicted octanol–water partition coefficient (Wildman–Crippen LogP) is 1.90. The molecule has 2 aromatic rings. The van der Waals surface area contributed by atoms with Crippen LogP contribution in [-0.2, 0) is 22.4 Å². The number of aliphatic carboxylic acids is 1. The summed E-state index contributed by atoms with van der Waals surface area (Å²) >= 11 is 1.55. The zero-order valence-corrected chi connectivity index (χ0v) is 12.0. The molecule has 0 aromatic carbocycles. The Morgan fingerprint density at radius 3 is 2.81 bits per heavy atom. The average molecular weight is 302 g/mol. The number of fused-ring (bicyclic) bond motifs is 1. The van der Waals surface area contributed by atoms with Gasteiger partial charge in [0.05, 0.1) is 6.42 Å². The molecule has 0 saturated heterocycles. The summed E-state index contributed by atoms with van der Waals surface area (Å²) in [5, 5.41) is 11.4. The number of hydrogen-bond acceptors (Lipinski definition) is 4. The maximum Gasteiger partial charge on any atom is 0.331 e. The number of carboxylic acids is 1. The minimum absolute atomic E-state index is 0.162. The largest absolute Gasteiger partial charge is 0.479 e. The van der Waals surface area contributed by atoms with Gasteiger partial charge < -0.3 is 10.0 Å². The van der Waals surface area contributed by atoms with Crippen LogP contribution < -0.4 is 0 Å². The monoisotopic (exact) mass is 302 g/mol. The fourth-order valence-corrected chi connectivity index (χ4v) is 3.53. The lowest BCUT2D eigenvalue weighted by molar-refractivity contribution is -0.150. The Morgan fingerprint density at radius 1 is 1.33 bits per heavy atom. The van der Waals surface area contributed by atoms with E-state index in [1.54, 1.807) is 35.9 Å². The maximum atomic E-state index is 12.5. The van der Waals surface area contributed by atoms with Gasteiger partial charge in [0, 0.05) is 23.8 Å². The highest BCUT2D eigenvalue weighted by molar-refractivity contribution is 7.10. The number of thiophene rings is 1. The highest BCUT2D eigenvalue weighted by atomic mass is 32.1. The summed E-state index contributed by atoms with van der Waals surface area (Å²) in [7, 11) is 0. The molecule has 3 rings (SSSR count). The summed E-state index contributed by atoms with van der Waals surface area (Å²) in [5.41, 5.74) is 1.59. The fraction of sp³-hybridized carbons (Fsp3) is 0.267. The van der Waals surface area contributed by atoms with Crippen molar-refractivity contribution in [2.75, 3.05) is 6.54 Å². The van der Waals surface area contributed by atoms with Crippen molar-refractivity contribution in [3.63, 3.8) is 0 Å². The predicted molar refractivity (Wildman–Crippen MR) is 78.1 cm³/mol. The van der Waals surface area contributed by atoms with Crippen molar-refractivity contribution >= 4 is 23.2 Å². The van der Waals surface area contributed by atoms with Gasteiger partial charge in [0.1, 0.15) is 0 Å². The molecule has 0 fully saturated rings. The Bertz CT molecular complexity index is 669. The molecule has 0 aliphatic carbocycles. The number of pyridine rings is 1. The molecule has 0 bridgehead atoms. The second-order valence-corrected chi connectivity index (χ2v) is 5.91. The fourth-order valence-electron chi connectivity index (χ4n) is 2.63. The van der Waals surface area contributed by atoms with Crippen LogP contribution in [0.4, 0.5) is 0 Å². The number of nitrogens with zero attached hydrogens (tertiary/aromatic N) is 2. The van der Waals surface area contributed by atoms with Gasteiger partial charge in [-0.3, -0.25) is 9.78 Å². The van der Waals surface area contributed by atoms with E-state index >= 15 is 0 Å². The lowest BCUT2D eigenvalue weighted by atomic mass is 9.99. The van der Waals surface area contributed by atoms with Gasteiger partial charge in [0.15, 0.2) is 6.04 Å². The van der Waals surface area contributed by atoms with E-state index in [1.165, 1.54) is 4.90 Å². The maximum absolute atomic E-state index is 12.5. The van der Waals surface area contributed by atoms with Crippen LogP contribution in [0.1, 0.15) is 22.0 Å². The van der Waals surface area contributed by atoms with Crippen molar-refractivity contribution in [1.29, 1.82) is 0 Å². The van der Waals surface area contributed by atoms with Crippen molar-refractivity contribution < 1.29 is 14.7 Å². The van der Waals surface area contributed by atoms with Crippen LogP contribution in [0.5, 0.6) is 0 Å². The number of carbonyl (C=O) groups excluding carboxylic acids is 1. The first-order valence-corrected chi connectivity index (χ1v) is 7.52. The molecule has 2 aromatic heterocycles. The summed E-state index contributed by atoms with van der Waals surface area (Å²) in [6.45, 7) is 0.453.